The fourth-order valence-electron chi connectivity index (χ4n) is 2.96. The molecule has 0 bridgehead atoms. The zero-order valence-corrected chi connectivity index (χ0v) is 13.3. The van der Waals surface area contributed by atoms with E-state index in [2.05, 4.69) is 58.7 Å². The summed E-state index contributed by atoms with van der Waals surface area (Å²) < 4.78 is 1.26. The first kappa shape index (κ1) is 13.9. The van der Waals surface area contributed by atoms with Gasteiger partial charge >= 0.3 is 0 Å². The standard InChI is InChI=1S/C18H19N3S/c1-2-6-15(14(5-1)13-21-11-9-19-10-12-21)18-20-16-7-3-4-8-17(16)22-18/h1-8,19H,9-13H2. The van der Waals surface area contributed by atoms with Crippen molar-refractivity contribution in [1.29, 1.82) is 0 Å². The molecule has 112 valence electrons. The summed E-state index contributed by atoms with van der Waals surface area (Å²) in [4.78, 5) is 7.34. The number of aromatic nitrogens is 1. The van der Waals surface area contributed by atoms with Gasteiger partial charge in [0.25, 0.3) is 0 Å². The Morgan fingerprint density at radius 3 is 2.64 bits per heavy atom. The van der Waals surface area contributed by atoms with Crippen molar-refractivity contribution < 1.29 is 0 Å². The van der Waals surface area contributed by atoms with Crippen LogP contribution in [-0.2, 0) is 6.54 Å². The van der Waals surface area contributed by atoms with E-state index in [1.807, 2.05) is 0 Å². The van der Waals surface area contributed by atoms with Gasteiger partial charge in [0, 0.05) is 38.3 Å². The van der Waals surface area contributed by atoms with Crippen LogP contribution in [0.25, 0.3) is 20.8 Å². The monoisotopic (exact) mass is 309 g/mol. The first-order chi connectivity index (χ1) is 10.9. The van der Waals surface area contributed by atoms with Crippen LogP contribution in [0.1, 0.15) is 5.56 Å². The Morgan fingerprint density at radius 1 is 1.00 bits per heavy atom. The summed E-state index contributed by atoms with van der Waals surface area (Å²) in [7, 11) is 0. The molecule has 0 aliphatic carbocycles. The molecule has 1 aliphatic heterocycles. The molecule has 4 heteroatoms. The number of nitrogens with zero attached hydrogens (tertiary/aromatic N) is 2. The number of piperazine rings is 1. The number of rotatable bonds is 3. The Bertz CT molecular complexity index is 742. The van der Waals surface area contributed by atoms with Gasteiger partial charge in [-0.25, -0.2) is 4.98 Å². The number of hydrogen-bond acceptors (Lipinski definition) is 4. The minimum Gasteiger partial charge on any atom is -0.314 e. The van der Waals surface area contributed by atoms with Crippen molar-refractivity contribution in [2.24, 2.45) is 0 Å². The van der Waals surface area contributed by atoms with Gasteiger partial charge in [-0.05, 0) is 17.7 Å². The molecule has 0 atom stereocenters. The minimum atomic E-state index is 1.01. The normalized spacial score (nSPS) is 16.2. The van der Waals surface area contributed by atoms with Gasteiger partial charge in [0.15, 0.2) is 0 Å². The highest BCUT2D eigenvalue weighted by Crippen LogP contribution is 2.32. The topological polar surface area (TPSA) is 28.2 Å². The van der Waals surface area contributed by atoms with E-state index in [0.717, 1.165) is 43.2 Å². The smallest absolute Gasteiger partial charge is 0.124 e. The fraction of sp³-hybridized carbons (Fsp3) is 0.278. The summed E-state index contributed by atoms with van der Waals surface area (Å²) in [6, 6.07) is 17.1. The molecule has 4 rings (SSSR count). The second-order valence-corrected chi connectivity index (χ2v) is 6.70. The molecule has 1 fully saturated rings. The van der Waals surface area contributed by atoms with Crippen LogP contribution in [0.15, 0.2) is 48.5 Å². The van der Waals surface area contributed by atoms with Gasteiger partial charge < -0.3 is 5.32 Å². The van der Waals surface area contributed by atoms with Crippen molar-refractivity contribution in [2.45, 2.75) is 6.54 Å². The Balaban J connectivity index is 1.68. The molecule has 0 saturated carbocycles. The molecule has 1 aliphatic rings. The number of thiazole rings is 1. The highest BCUT2D eigenvalue weighted by atomic mass is 32.1. The van der Waals surface area contributed by atoms with Gasteiger partial charge in [-0.3, -0.25) is 4.90 Å². The summed E-state index contributed by atoms with van der Waals surface area (Å²) in [5, 5.41) is 4.54. The lowest BCUT2D eigenvalue weighted by molar-refractivity contribution is 0.233. The van der Waals surface area contributed by atoms with Gasteiger partial charge in [-0.2, -0.15) is 0 Å². The van der Waals surface area contributed by atoms with Crippen LogP contribution in [-0.4, -0.2) is 36.1 Å². The lowest BCUT2D eigenvalue weighted by Gasteiger charge is -2.27. The molecular weight excluding hydrogens is 290 g/mol. The Hall–Kier alpha value is -1.75. The lowest BCUT2D eigenvalue weighted by Crippen LogP contribution is -2.42. The van der Waals surface area contributed by atoms with E-state index in [0.29, 0.717) is 0 Å². The van der Waals surface area contributed by atoms with Crippen molar-refractivity contribution in [3.8, 4) is 10.6 Å². The maximum absolute atomic E-state index is 4.82. The van der Waals surface area contributed by atoms with E-state index >= 15 is 0 Å². The van der Waals surface area contributed by atoms with Gasteiger partial charge in [-0.15, -0.1) is 11.3 Å². The van der Waals surface area contributed by atoms with Gasteiger partial charge in [0.2, 0.25) is 0 Å². The minimum absolute atomic E-state index is 1.01. The third-order valence-electron chi connectivity index (χ3n) is 4.15. The summed E-state index contributed by atoms with van der Waals surface area (Å²) in [6.45, 7) is 5.42. The lowest BCUT2D eigenvalue weighted by atomic mass is 10.1. The van der Waals surface area contributed by atoms with Crippen molar-refractivity contribution in [1.82, 2.24) is 15.2 Å². The molecule has 3 nitrogen and oxygen atoms in total. The second kappa shape index (κ2) is 6.16. The van der Waals surface area contributed by atoms with Gasteiger partial charge in [0.05, 0.1) is 10.2 Å². The van der Waals surface area contributed by atoms with E-state index in [-0.39, 0.29) is 0 Å². The number of fused-ring (bicyclic) bond motifs is 1. The Kier molecular flexibility index (Phi) is 3.89. The van der Waals surface area contributed by atoms with Crippen LogP contribution in [0.5, 0.6) is 0 Å². The Labute approximate surface area is 134 Å². The van der Waals surface area contributed by atoms with E-state index in [9.17, 15) is 0 Å². The SMILES string of the molecule is c1ccc(-c2nc3ccccc3s2)c(CN2CCNCC2)c1. The molecule has 3 aromatic rings. The molecule has 0 amide bonds. The van der Waals surface area contributed by atoms with E-state index in [4.69, 9.17) is 4.98 Å². The van der Waals surface area contributed by atoms with Crippen molar-refractivity contribution >= 4 is 21.6 Å². The zero-order valence-electron chi connectivity index (χ0n) is 12.5. The Morgan fingerprint density at radius 2 is 1.77 bits per heavy atom. The van der Waals surface area contributed by atoms with E-state index < -0.39 is 0 Å². The second-order valence-electron chi connectivity index (χ2n) is 5.67. The molecule has 2 aromatic carbocycles. The number of hydrogen-bond donors (Lipinski definition) is 1. The molecule has 1 aromatic heterocycles. The summed E-state index contributed by atoms with van der Waals surface area (Å²) >= 11 is 1.78. The molecule has 1 N–H and O–H groups in total. The maximum atomic E-state index is 4.82. The van der Waals surface area contributed by atoms with Crippen LogP contribution in [0.3, 0.4) is 0 Å². The average Bonchev–Trinajstić information content (AvgIpc) is 3.00. The molecule has 2 heterocycles. The molecule has 0 radical (unpaired) electrons. The van der Waals surface area contributed by atoms with Crippen LogP contribution < -0.4 is 5.32 Å². The van der Waals surface area contributed by atoms with Crippen molar-refractivity contribution in [2.75, 3.05) is 26.2 Å². The molecule has 1 saturated heterocycles. The molecule has 22 heavy (non-hydrogen) atoms. The van der Waals surface area contributed by atoms with E-state index in [1.54, 1.807) is 11.3 Å². The van der Waals surface area contributed by atoms with Crippen LogP contribution in [0.4, 0.5) is 0 Å². The van der Waals surface area contributed by atoms with Crippen molar-refractivity contribution in [3.63, 3.8) is 0 Å². The fourth-order valence-corrected chi connectivity index (χ4v) is 3.99. The maximum Gasteiger partial charge on any atom is 0.124 e. The quantitative estimate of drug-likeness (QED) is 0.804. The van der Waals surface area contributed by atoms with Crippen LogP contribution in [0.2, 0.25) is 0 Å². The van der Waals surface area contributed by atoms with Gasteiger partial charge in [-0.1, -0.05) is 36.4 Å². The van der Waals surface area contributed by atoms with Gasteiger partial charge in [0.1, 0.15) is 5.01 Å². The molecule has 0 unspecified atom stereocenters. The first-order valence-corrected chi connectivity index (χ1v) is 8.59. The number of benzene rings is 2. The molecule has 0 spiro atoms. The van der Waals surface area contributed by atoms with E-state index in [1.165, 1.54) is 15.8 Å². The predicted molar refractivity (Wildman–Crippen MR) is 93.2 cm³/mol. The summed E-state index contributed by atoms with van der Waals surface area (Å²) in [6.07, 6.45) is 0. The largest absolute Gasteiger partial charge is 0.314 e. The predicted octanol–water partition coefficient (Wildman–Crippen LogP) is 3.37. The number of para-hydroxylation sites is 1. The molecular formula is C18H19N3S. The zero-order chi connectivity index (χ0) is 14.8. The number of nitrogens with one attached hydrogen (secondary N) is 1. The highest BCUT2D eigenvalue weighted by Gasteiger charge is 2.14. The van der Waals surface area contributed by atoms with Crippen LogP contribution in [0, 0.1) is 0 Å². The summed E-state index contributed by atoms with van der Waals surface area (Å²) in [5.74, 6) is 0. The third-order valence-corrected chi connectivity index (χ3v) is 5.21. The highest BCUT2D eigenvalue weighted by molar-refractivity contribution is 7.21. The third kappa shape index (κ3) is 2.77. The first-order valence-electron chi connectivity index (χ1n) is 7.77. The average molecular weight is 309 g/mol. The van der Waals surface area contributed by atoms with Crippen LogP contribution >= 0.6 is 11.3 Å². The summed E-state index contributed by atoms with van der Waals surface area (Å²) in [5.41, 5.74) is 3.75. The van der Waals surface area contributed by atoms with Crippen molar-refractivity contribution in [3.05, 3.63) is 54.1 Å².